The summed E-state index contributed by atoms with van der Waals surface area (Å²) in [5.41, 5.74) is 2.47. The standard InChI is InChI=1S/C22H23N5O3/c28-21(19-6-1-2-7-20(19)27-13-4-12-24-27)25-16-8-10-17(11-9-16)26-22(29)23-15-18-5-3-14-30-18/h1-2,4,6-13,18H,3,5,14-15H2,(H,25,28)(H2,23,26,29)/t18-/m0/s1. The first-order chi connectivity index (χ1) is 14.7. The normalized spacial score (nSPS) is 15.5. The van der Waals surface area contributed by atoms with E-state index >= 15 is 0 Å². The Labute approximate surface area is 174 Å². The minimum atomic E-state index is -0.282. The van der Waals surface area contributed by atoms with Gasteiger partial charge in [0.15, 0.2) is 0 Å². The molecular weight excluding hydrogens is 382 g/mol. The van der Waals surface area contributed by atoms with Crippen LogP contribution in [0.25, 0.3) is 5.69 Å². The molecule has 2 heterocycles. The van der Waals surface area contributed by atoms with E-state index in [-0.39, 0.29) is 18.0 Å². The molecule has 1 aliphatic rings. The van der Waals surface area contributed by atoms with Crippen LogP contribution in [0.2, 0.25) is 0 Å². The van der Waals surface area contributed by atoms with Crippen molar-refractivity contribution in [1.82, 2.24) is 15.1 Å². The van der Waals surface area contributed by atoms with Gasteiger partial charge in [0.2, 0.25) is 0 Å². The van der Waals surface area contributed by atoms with Crippen molar-refractivity contribution in [2.75, 3.05) is 23.8 Å². The molecule has 0 saturated carbocycles. The van der Waals surface area contributed by atoms with Gasteiger partial charge in [0.1, 0.15) is 0 Å². The second-order valence-corrected chi connectivity index (χ2v) is 6.97. The fraction of sp³-hybridized carbons (Fsp3) is 0.227. The third kappa shape index (κ3) is 4.84. The summed E-state index contributed by atoms with van der Waals surface area (Å²) < 4.78 is 7.14. The number of rotatable bonds is 6. The first-order valence-corrected chi connectivity index (χ1v) is 9.86. The summed E-state index contributed by atoms with van der Waals surface area (Å²) >= 11 is 0. The van der Waals surface area contributed by atoms with Crippen LogP contribution in [-0.2, 0) is 4.74 Å². The molecule has 1 aromatic heterocycles. The molecule has 0 aliphatic carbocycles. The molecule has 1 atom stereocenters. The Hall–Kier alpha value is -3.65. The number of nitrogens with one attached hydrogen (secondary N) is 3. The van der Waals surface area contributed by atoms with E-state index in [4.69, 9.17) is 4.74 Å². The van der Waals surface area contributed by atoms with E-state index in [1.807, 2.05) is 18.2 Å². The average Bonchev–Trinajstić information content (AvgIpc) is 3.48. The number of anilines is 2. The van der Waals surface area contributed by atoms with Crippen LogP contribution in [0, 0.1) is 0 Å². The predicted molar refractivity (Wildman–Crippen MR) is 114 cm³/mol. The molecule has 1 aliphatic heterocycles. The first-order valence-electron chi connectivity index (χ1n) is 9.86. The van der Waals surface area contributed by atoms with Gasteiger partial charge < -0.3 is 20.7 Å². The van der Waals surface area contributed by atoms with Gasteiger partial charge in [-0.05, 0) is 55.3 Å². The van der Waals surface area contributed by atoms with Crippen molar-refractivity contribution in [3.05, 3.63) is 72.6 Å². The monoisotopic (exact) mass is 405 g/mol. The molecule has 8 heteroatoms. The maximum Gasteiger partial charge on any atom is 0.319 e. The highest BCUT2D eigenvalue weighted by molar-refractivity contribution is 6.06. The molecule has 0 bridgehead atoms. The third-order valence-corrected chi connectivity index (χ3v) is 4.81. The fourth-order valence-corrected chi connectivity index (χ4v) is 3.30. The minimum Gasteiger partial charge on any atom is -0.376 e. The topological polar surface area (TPSA) is 97.3 Å². The van der Waals surface area contributed by atoms with E-state index < -0.39 is 0 Å². The molecule has 2 aromatic carbocycles. The van der Waals surface area contributed by atoms with Crippen LogP contribution in [0.1, 0.15) is 23.2 Å². The number of para-hydroxylation sites is 1. The fourth-order valence-electron chi connectivity index (χ4n) is 3.30. The van der Waals surface area contributed by atoms with Gasteiger partial charge in [0, 0.05) is 36.9 Å². The maximum absolute atomic E-state index is 12.8. The largest absolute Gasteiger partial charge is 0.376 e. The van der Waals surface area contributed by atoms with E-state index in [1.54, 1.807) is 53.5 Å². The zero-order valence-electron chi connectivity index (χ0n) is 16.4. The number of ether oxygens (including phenoxy) is 1. The van der Waals surface area contributed by atoms with Crippen LogP contribution < -0.4 is 16.0 Å². The number of hydrogen-bond donors (Lipinski definition) is 3. The summed E-state index contributed by atoms with van der Waals surface area (Å²) in [4.78, 5) is 24.8. The Morgan fingerprint density at radius 2 is 1.80 bits per heavy atom. The second-order valence-electron chi connectivity index (χ2n) is 6.97. The highest BCUT2D eigenvalue weighted by Crippen LogP contribution is 2.18. The van der Waals surface area contributed by atoms with E-state index in [0.29, 0.717) is 29.2 Å². The number of carbonyl (C=O) groups excluding carboxylic acids is 2. The number of urea groups is 1. The van der Waals surface area contributed by atoms with Crippen LogP contribution in [0.5, 0.6) is 0 Å². The maximum atomic E-state index is 12.8. The summed E-state index contributed by atoms with van der Waals surface area (Å²) in [5.74, 6) is -0.240. The van der Waals surface area contributed by atoms with Gasteiger partial charge in [0.25, 0.3) is 5.91 Å². The zero-order chi connectivity index (χ0) is 20.8. The average molecular weight is 405 g/mol. The molecule has 4 rings (SSSR count). The smallest absolute Gasteiger partial charge is 0.319 e. The number of carbonyl (C=O) groups is 2. The number of nitrogens with zero attached hydrogens (tertiary/aromatic N) is 2. The lowest BCUT2D eigenvalue weighted by Gasteiger charge is -2.12. The Bertz CT molecular complexity index is 996. The van der Waals surface area contributed by atoms with Gasteiger partial charge in [0.05, 0.1) is 17.4 Å². The molecule has 30 heavy (non-hydrogen) atoms. The van der Waals surface area contributed by atoms with Crippen molar-refractivity contribution < 1.29 is 14.3 Å². The summed E-state index contributed by atoms with van der Waals surface area (Å²) in [7, 11) is 0. The van der Waals surface area contributed by atoms with E-state index in [2.05, 4.69) is 21.0 Å². The molecule has 8 nitrogen and oxygen atoms in total. The third-order valence-electron chi connectivity index (χ3n) is 4.81. The Morgan fingerprint density at radius 1 is 1.03 bits per heavy atom. The van der Waals surface area contributed by atoms with Crippen LogP contribution in [0.15, 0.2) is 67.0 Å². The first kappa shape index (κ1) is 19.7. The van der Waals surface area contributed by atoms with Crippen molar-refractivity contribution in [3.63, 3.8) is 0 Å². The quantitative estimate of drug-likeness (QED) is 0.585. The minimum absolute atomic E-state index is 0.0953. The van der Waals surface area contributed by atoms with Crippen LogP contribution in [0.4, 0.5) is 16.2 Å². The van der Waals surface area contributed by atoms with Gasteiger partial charge in [-0.3, -0.25) is 4.79 Å². The molecule has 154 valence electrons. The molecular formula is C22H23N5O3. The Balaban J connectivity index is 1.35. The summed E-state index contributed by atoms with van der Waals surface area (Å²) in [6.45, 7) is 1.25. The van der Waals surface area contributed by atoms with Crippen molar-refractivity contribution in [2.24, 2.45) is 0 Å². The van der Waals surface area contributed by atoms with Crippen LogP contribution >= 0.6 is 0 Å². The summed E-state index contributed by atoms with van der Waals surface area (Å²) in [6.07, 6.45) is 5.55. The van der Waals surface area contributed by atoms with Crippen molar-refractivity contribution in [3.8, 4) is 5.69 Å². The van der Waals surface area contributed by atoms with Gasteiger partial charge in [-0.1, -0.05) is 12.1 Å². The number of aromatic nitrogens is 2. The summed E-state index contributed by atoms with van der Waals surface area (Å²) in [5, 5.41) is 12.7. The Morgan fingerprint density at radius 3 is 2.50 bits per heavy atom. The number of hydrogen-bond acceptors (Lipinski definition) is 4. The lowest BCUT2D eigenvalue weighted by molar-refractivity contribution is 0.102. The van der Waals surface area contributed by atoms with Crippen molar-refractivity contribution in [1.29, 1.82) is 0 Å². The van der Waals surface area contributed by atoms with Gasteiger partial charge in [-0.2, -0.15) is 5.10 Å². The highest BCUT2D eigenvalue weighted by Gasteiger charge is 2.16. The molecule has 0 spiro atoms. The molecule has 0 unspecified atom stereocenters. The Kier molecular flexibility index (Phi) is 6.05. The lowest BCUT2D eigenvalue weighted by atomic mass is 10.1. The molecule has 1 fully saturated rings. The van der Waals surface area contributed by atoms with E-state index in [9.17, 15) is 9.59 Å². The highest BCUT2D eigenvalue weighted by atomic mass is 16.5. The molecule has 1 saturated heterocycles. The number of benzene rings is 2. The SMILES string of the molecule is O=C(NC[C@@H]1CCCO1)Nc1ccc(NC(=O)c2ccccc2-n2cccn2)cc1. The van der Waals surface area contributed by atoms with E-state index in [0.717, 1.165) is 19.4 Å². The van der Waals surface area contributed by atoms with E-state index in [1.165, 1.54) is 0 Å². The zero-order valence-corrected chi connectivity index (χ0v) is 16.4. The second kappa shape index (κ2) is 9.23. The predicted octanol–water partition coefficient (Wildman–Crippen LogP) is 3.43. The van der Waals surface area contributed by atoms with Gasteiger partial charge >= 0.3 is 6.03 Å². The van der Waals surface area contributed by atoms with Crippen molar-refractivity contribution in [2.45, 2.75) is 18.9 Å². The van der Waals surface area contributed by atoms with Crippen LogP contribution in [0.3, 0.4) is 0 Å². The van der Waals surface area contributed by atoms with Crippen LogP contribution in [-0.4, -0.2) is 41.0 Å². The molecule has 3 amide bonds. The molecule has 0 radical (unpaired) electrons. The number of amides is 3. The van der Waals surface area contributed by atoms with Crippen molar-refractivity contribution >= 4 is 23.3 Å². The van der Waals surface area contributed by atoms with Gasteiger partial charge in [-0.25, -0.2) is 9.48 Å². The summed E-state index contributed by atoms with van der Waals surface area (Å²) in [6, 6.07) is 15.7. The lowest BCUT2D eigenvalue weighted by Crippen LogP contribution is -2.35. The van der Waals surface area contributed by atoms with Gasteiger partial charge in [-0.15, -0.1) is 0 Å². The molecule has 3 N–H and O–H groups in total. The molecule has 3 aromatic rings.